The lowest BCUT2D eigenvalue weighted by Crippen LogP contribution is -2.47. The van der Waals surface area contributed by atoms with Gasteiger partial charge in [0.25, 0.3) is 5.91 Å². The molecule has 33 heavy (non-hydrogen) atoms. The number of amides is 1. The van der Waals surface area contributed by atoms with Crippen molar-refractivity contribution in [3.8, 4) is 0 Å². The lowest BCUT2D eigenvalue weighted by molar-refractivity contribution is 0.0357. The van der Waals surface area contributed by atoms with Crippen molar-refractivity contribution < 1.29 is 4.79 Å². The van der Waals surface area contributed by atoms with Crippen molar-refractivity contribution in [1.29, 1.82) is 0 Å². The van der Waals surface area contributed by atoms with E-state index in [2.05, 4.69) is 31.4 Å². The first-order valence-electron chi connectivity index (χ1n) is 12.8. The molecule has 3 fully saturated rings. The molecule has 7 heteroatoms. The quantitative estimate of drug-likeness (QED) is 0.703. The average Bonchev–Trinajstić information content (AvgIpc) is 2.87. The molecule has 6 nitrogen and oxygen atoms in total. The van der Waals surface area contributed by atoms with Gasteiger partial charge in [0.05, 0.1) is 17.4 Å². The Labute approximate surface area is 203 Å². The summed E-state index contributed by atoms with van der Waals surface area (Å²) in [5, 5.41) is 7.44. The van der Waals surface area contributed by atoms with Crippen LogP contribution in [0.4, 0.5) is 5.69 Å². The highest BCUT2D eigenvalue weighted by atomic mass is 35.5. The first-order chi connectivity index (χ1) is 16.1. The molecule has 0 aromatic heterocycles. The number of likely N-dealkylation sites (tertiary alicyclic amines) is 1. The molecule has 1 spiro atoms. The van der Waals surface area contributed by atoms with E-state index in [1.807, 2.05) is 24.4 Å². The van der Waals surface area contributed by atoms with Crippen LogP contribution in [0.15, 0.2) is 30.5 Å². The van der Waals surface area contributed by atoms with Gasteiger partial charge in [0.1, 0.15) is 0 Å². The molecule has 1 aromatic rings. The molecule has 2 saturated heterocycles. The maximum absolute atomic E-state index is 13.3. The van der Waals surface area contributed by atoms with Gasteiger partial charge in [0.2, 0.25) is 0 Å². The molecule has 0 radical (unpaired) electrons. The van der Waals surface area contributed by atoms with E-state index in [-0.39, 0.29) is 5.91 Å². The Balaban J connectivity index is 1.15. The second-order valence-electron chi connectivity index (χ2n) is 10.4. The second-order valence-corrected chi connectivity index (χ2v) is 10.8. The summed E-state index contributed by atoms with van der Waals surface area (Å²) >= 11 is 6.46. The van der Waals surface area contributed by atoms with Gasteiger partial charge in [-0.25, -0.2) is 0 Å². The number of benzene rings is 1. The van der Waals surface area contributed by atoms with Crippen molar-refractivity contribution >= 4 is 23.2 Å². The Morgan fingerprint density at radius 3 is 2.48 bits per heavy atom. The second kappa shape index (κ2) is 10.3. The Kier molecular flexibility index (Phi) is 7.26. The molecule has 0 bridgehead atoms. The van der Waals surface area contributed by atoms with E-state index in [1.54, 1.807) is 0 Å². The lowest BCUT2D eigenvalue weighted by Gasteiger charge is -2.46. The highest BCUT2D eigenvalue weighted by Crippen LogP contribution is 2.46. The van der Waals surface area contributed by atoms with Crippen LogP contribution in [0.3, 0.4) is 0 Å². The van der Waals surface area contributed by atoms with Crippen LogP contribution in [0, 0.1) is 11.3 Å². The highest BCUT2D eigenvalue weighted by Gasteiger charge is 2.39. The smallest absolute Gasteiger partial charge is 0.253 e. The van der Waals surface area contributed by atoms with Crippen LogP contribution in [0.5, 0.6) is 0 Å². The van der Waals surface area contributed by atoms with E-state index in [0.717, 1.165) is 62.7 Å². The van der Waals surface area contributed by atoms with Gasteiger partial charge in [-0.2, -0.15) is 0 Å². The van der Waals surface area contributed by atoms with Crippen LogP contribution in [-0.4, -0.2) is 74.7 Å². The summed E-state index contributed by atoms with van der Waals surface area (Å²) in [5.74, 6) is 1.00. The largest absolute Gasteiger partial charge is 0.339 e. The Morgan fingerprint density at radius 2 is 1.79 bits per heavy atom. The van der Waals surface area contributed by atoms with Gasteiger partial charge in [-0.3, -0.25) is 10.1 Å². The summed E-state index contributed by atoms with van der Waals surface area (Å²) in [5.41, 5.74) is 2.10. The summed E-state index contributed by atoms with van der Waals surface area (Å²) in [4.78, 5) is 20.1. The Bertz CT molecular complexity index is 850. The van der Waals surface area contributed by atoms with Crippen molar-refractivity contribution in [3.63, 3.8) is 0 Å². The fraction of sp³-hybridized carbons (Fsp3) is 0.654. The Hall–Kier alpha value is -1.60. The molecule has 3 aliphatic heterocycles. The third-order valence-electron chi connectivity index (χ3n) is 8.34. The van der Waals surface area contributed by atoms with Gasteiger partial charge in [0, 0.05) is 64.1 Å². The fourth-order valence-electron chi connectivity index (χ4n) is 6.13. The molecule has 0 unspecified atom stereocenters. The van der Waals surface area contributed by atoms with Crippen LogP contribution >= 0.6 is 11.6 Å². The number of nitrogens with one attached hydrogen (secondary N) is 2. The minimum Gasteiger partial charge on any atom is -0.339 e. The number of hydrogen-bond donors (Lipinski definition) is 2. The molecule has 0 atom stereocenters. The van der Waals surface area contributed by atoms with Gasteiger partial charge >= 0.3 is 0 Å². The average molecular weight is 472 g/mol. The van der Waals surface area contributed by atoms with Crippen molar-refractivity contribution in [2.24, 2.45) is 11.3 Å². The van der Waals surface area contributed by atoms with Crippen molar-refractivity contribution in [2.75, 3.05) is 63.9 Å². The lowest BCUT2D eigenvalue weighted by atomic mass is 9.65. The first-order valence-corrected chi connectivity index (χ1v) is 13.2. The summed E-state index contributed by atoms with van der Waals surface area (Å²) in [6.45, 7) is 9.29. The molecule has 1 aromatic carbocycles. The normalized spacial score (nSPS) is 24.4. The van der Waals surface area contributed by atoms with Crippen LogP contribution in [0.25, 0.3) is 0 Å². The monoisotopic (exact) mass is 471 g/mol. The van der Waals surface area contributed by atoms with Crippen molar-refractivity contribution in [3.05, 3.63) is 41.1 Å². The zero-order valence-electron chi connectivity index (χ0n) is 19.7. The van der Waals surface area contributed by atoms with Gasteiger partial charge in [-0.05, 0) is 68.1 Å². The molecule has 2 N–H and O–H groups in total. The minimum atomic E-state index is 0.143. The molecule has 3 heterocycles. The molecule has 1 saturated carbocycles. The van der Waals surface area contributed by atoms with Crippen molar-refractivity contribution in [1.82, 2.24) is 20.4 Å². The standard InChI is InChI=1S/C26H38ClN5O/c27-23-3-2-22(18-24(23)32-13-1-10-29-20-32)25(33)31-14-8-26(9-15-31)6-4-21(5-7-26)19-30-16-11-28-12-17-30/h1-3,13,18,21,28-29H,4-12,14-17,19-20H2. The number of piperidine rings is 1. The number of carbonyl (C=O) groups excluding carboxylic acids is 1. The number of piperazine rings is 1. The number of nitrogens with zero attached hydrogens (tertiary/aromatic N) is 3. The number of rotatable bonds is 4. The van der Waals surface area contributed by atoms with Crippen molar-refractivity contribution in [2.45, 2.75) is 38.5 Å². The van der Waals surface area contributed by atoms with E-state index in [0.29, 0.717) is 17.1 Å². The SMILES string of the molecule is O=C(c1ccc(Cl)c(N2C=CCNC2)c1)N1CCC2(CCC(CN3CCNCC3)CC2)CC1. The molecule has 1 amide bonds. The van der Waals surface area contributed by atoms with Gasteiger partial charge < -0.3 is 20.0 Å². The molecule has 1 aliphatic carbocycles. The van der Waals surface area contributed by atoms with Crippen LogP contribution in [0.1, 0.15) is 48.9 Å². The van der Waals surface area contributed by atoms with Crippen LogP contribution in [0.2, 0.25) is 5.02 Å². The summed E-state index contributed by atoms with van der Waals surface area (Å²) in [7, 11) is 0. The Morgan fingerprint density at radius 1 is 1.03 bits per heavy atom. The predicted octanol–water partition coefficient (Wildman–Crippen LogP) is 3.54. The highest BCUT2D eigenvalue weighted by molar-refractivity contribution is 6.33. The van der Waals surface area contributed by atoms with E-state index in [4.69, 9.17) is 11.6 Å². The van der Waals surface area contributed by atoms with E-state index >= 15 is 0 Å². The summed E-state index contributed by atoms with van der Waals surface area (Å²) in [6.07, 6.45) is 11.8. The topological polar surface area (TPSA) is 50.9 Å². The number of anilines is 1. The zero-order chi connectivity index (χ0) is 22.7. The number of halogens is 1. The molecule has 5 rings (SSSR count). The molecule has 4 aliphatic rings. The third-order valence-corrected chi connectivity index (χ3v) is 8.65. The maximum atomic E-state index is 13.3. The van der Waals surface area contributed by atoms with Crippen LogP contribution < -0.4 is 15.5 Å². The molecular weight excluding hydrogens is 434 g/mol. The van der Waals surface area contributed by atoms with E-state index in [1.165, 1.54) is 45.3 Å². The molecular formula is C26H38ClN5O. The van der Waals surface area contributed by atoms with E-state index < -0.39 is 0 Å². The summed E-state index contributed by atoms with van der Waals surface area (Å²) < 4.78 is 0. The summed E-state index contributed by atoms with van der Waals surface area (Å²) in [6, 6.07) is 5.69. The number of carbonyl (C=O) groups is 1. The van der Waals surface area contributed by atoms with Gasteiger partial charge in [0.15, 0.2) is 0 Å². The first kappa shape index (κ1) is 23.2. The predicted molar refractivity (Wildman–Crippen MR) is 135 cm³/mol. The van der Waals surface area contributed by atoms with Gasteiger partial charge in [-0.15, -0.1) is 0 Å². The van der Waals surface area contributed by atoms with Gasteiger partial charge in [-0.1, -0.05) is 17.7 Å². The fourth-order valence-corrected chi connectivity index (χ4v) is 6.36. The van der Waals surface area contributed by atoms with Crippen LogP contribution in [-0.2, 0) is 0 Å². The number of hydrogen-bond acceptors (Lipinski definition) is 5. The maximum Gasteiger partial charge on any atom is 0.253 e. The zero-order valence-corrected chi connectivity index (χ0v) is 20.5. The third kappa shape index (κ3) is 5.40. The van der Waals surface area contributed by atoms with E-state index in [9.17, 15) is 4.79 Å². The minimum absolute atomic E-state index is 0.143. The molecule has 180 valence electrons.